The number of aryl methyl sites for hydroxylation is 1. The molecular weight excluding hydrogens is 626 g/mol. The van der Waals surface area contributed by atoms with Crippen molar-refractivity contribution in [3.05, 3.63) is 176 Å². The molecule has 5 rings (SSSR count). The van der Waals surface area contributed by atoms with E-state index in [-0.39, 0.29) is 23.0 Å². The summed E-state index contributed by atoms with van der Waals surface area (Å²) in [5, 5.41) is 15.0. The molecule has 5 aromatic rings. The van der Waals surface area contributed by atoms with Gasteiger partial charge < -0.3 is 5.32 Å². The van der Waals surface area contributed by atoms with Crippen LogP contribution >= 0.6 is 15.9 Å². The number of benzene rings is 5. The lowest BCUT2D eigenvalue weighted by Crippen LogP contribution is -2.46. The molecule has 7 nitrogen and oxygen atoms in total. The van der Waals surface area contributed by atoms with Crippen LogP contribution in [-0.2, 0) is 22.0 Å². The summed E-state index contributed by atoms with van der Waals surface area (Å²) < 4.78 is 33.3. The van der Waals surface area contributed by atoms with Gasteiger partial charge in [-0.25, -0.2) is 0 Å². The second kappa shape index (κ2) is 12.7. The Balaban J connectivity index is 1.85. The van der Waals surface area contributed by atoms with Gasteiger partial charge in [-0.3, -0.25) is 10.1 Å². The van der Waals surface area contributed by atoms with Crippen molar-refractivity contribution >= 4 is 37.5 Å². The number of halogens is 1. The second-order valence-corrected chi connectivity index (χ2v) is 12.5. The number of nitrogens with one attached hydrogen (secondary N) is 1. The molecule has 43 heavy (non-hydrogen) atoms. The van der Waals surface area contributed by atoms with Crippen LogP contribution in [0.2, 0.25) is 0 Å². The van der Waals surface area contributed by atoms with E-state index in [0.29, 0.717) is 11.1 Å². The number of nitro benzene ring substituents is 1. The molecule has 0 saturated carbocycles. The number of nitrogens with zero attached hydrogens (tertiary/aromatic N) is 2. The number of sulfonamides is 1. The first-order chi connectivity index (χ1) is 20.7. The maximum atomic E-state index is 14.0. The lowest BCUT2D eigenvalue weighted by molar-refractivity contribution is -0.384. The van der Waals surface area contributed by atoms with Crippen LogP contribution in [-0.4, -0.2) is 19.2 Å². The van der Waals surface area contributed by atoms with Crippen molar-refractivity contribution in [2.45, 2.75) is 23.8 Å². The lowest BCUT2D eigenvalue weighted by atomic mass is 9.68. The van der Waals surface area contributed by atoms with Crippen molar-refractivity contribution in [3.8, 4) is 0 Å². The predicted octanol–water partition coefficient (Wildman–Crippen LogP) is 7.58. The van der Waals surface area contributed by atoms with Gasteiger partial charge in [-0.15, -0.1) is 4.40 Å². The van der Waals surface area contributed by atoms with Crippen molar-refractivity contribution in [1.29, 1.82) is 0 Å². The highest BCUT2D eigenvalue weighted by atomic mass is 79.9. The largest absolute Gasteiger partial charge is 0.367 e. The Morgan fingerprint density at radius 1 is 0.767 bits per heavy atom. The average molecular weight is 655 g/mol. The number of hydrogen-bond donors (Lipinski definition) is 1. The molecule has 0 aliphatic carbocycles. The molecule has 5 aromatic carbocycles. The average Bonchev–Trinajstić information content (AvgIpc) is 3.02. The van der Waals surface area contributed by atoms with E-state index < -0.39 is 20.4 Å². The van der Waals surface area contributed by atoms with E-state index in [1.807, 2.05) is 91.9 Å². The Kier molecular flexibility index (Phi) is 8.84. The van der Waals surface area contributed by atoms with Crippen molar-refractivity contribution in [1.82, 2.24) is 5.32 Å². The first kappa shape index (κ1) is 29.9. The highest BCUT2D eigenvalue weighted by molar-refractivity contribution is 9.10. The molecule has 0 saturated heterocycles. The van der Waals surface area contributed by atoms with Crippen LogP contribution in [0.5, 0.6) is 0 Å². The van der Waals surface area contributed by atoms with Gasteiger partial charge in [0.05, 0.1) is 9.82 Å². The minimum Gasteiger partial charge on any atom is -0.367 e. The Labute approximate surface area is 259 Å². The van der Waals surface area contributed by atoms with Gasteiger partial charge in [0.1, 0.15) is 11.3 Å². The molecular formula is C34H28BrN3O4S. The number of nitro groups is 1. The van der Waals surface area contributed by atoms with Gasteiger partial charge in [-0.2, -0.15) is 8.42 Å². The fraction of sp³-hybridized carbons (Fsp3) is 0.0882. The van der Waals surface area contributed by atoms with E-state index in [0.717, 1.165) is 21.2 Å². The van der Waals surface area contributed by atoms with Gasteiger partial charge in [0.2, 0.25) is 0 Å². The van der Waals surface area contributed by atoms with Crippen LogP contribution in [0.25, 0.3) is 0 Å². The van der Waals surface area contributed by atoms with Gasteiger partial charge in [0, 0.05) is 23.2 Å². The minimum atomic E-state index is -4.21. The summed E-state index contributed by atoms with van der Waals surface area (Å²) in [7, 11) is -4.21. The molecule has 0 bridgehead atoms. The number of amidine groups is 1. The maximum absolute atomic E-state index is 14.0. The van der Waals surface area contributed by atoms with Crippen LogP contribution < -0.4 is 5.32 Å². The highest BCUT2D eigenvalue weighted by Crippen LogP contribution is 2.42. The summed E-state index contributed by atoms with van der Waals surface area (Å²) in [5.74, 6) is 0.152. The summed E-state index contributed by atoms with van der Waals surface area (Å²) in [6.45, 7) is 2.16. The van der Waals surface area contributed by atoms with Crippen molar-refractivity contribution in [2.24, 2.45) is 4.40 Å². The number of non-ortho nitro benzene ring substituents is 1. The topological polar surface area (TPSA) is 102 Å². The molecule has 1 unspecified atom stereocenters. The summed E-state index contributed by atoms with van der Waals surface area (Å²) in [6.07, 6.45) is 0. The van der Waals surface area contributed by atoms with Gasteiger partial charge in [0.15, 0.2) is 0 Å². The van der Waals surface area contributed by atoms with Crippen LogP contribution in [0, 0.1) is 17.0 Å². The fourth-order valence-electron chi connectivity index (χ4n) is 5.03. The molecule has 0 amide bonds. The first-order valence-electron chi connectivity index (χ1n) is 13.5. The van der Waals surface area contributed by atoms with E-state index in [4.69, 9.17) is 0 Å². The van der Waals surface area contributed by atoms with E-state index in [1.165, 1.54) is 12.1 Å². The van der Waals surface area contributed by atoms with Crippen LogP contribution in [0.1, 0.15) is 27.8 Å². The zero-order chi connectivity index (χ0) is 30.5. The molecule has 216 valence electrons. The zero-order valence-corrected chi connectivity index (χ0v) is 25.6. The van der Waals surface area contributed by atoms with Gasteiger partial charge in [0.25, 0.3) is 15.7 Å². The van der Waals surface area contributed by atoms with E-state index in [2.05, 4.69) is 25.6 Å². The molecule has 0 heterocycles. The highest BCUT2D eigenvalue weighted by Gasteiger charge is 2.43. The molecule has 0 fully saturated rings. The molecule has 0 aliphatic heterocycles. The van der Waals surface area contributed by atoms with Crippen LogP contribution in [0.3, 0.4) is 0 Å². The molecule has 1 N–H and O–H groups in total. The quantitative estimate of drug-likeness (QED) is 0.0581. The van der Waals surface area contributed by atoms with Crippen molar-refractivity contribution in [3.63, 3.8) is 0 Å². The van der Waals surface area contributed by atoms with Crippen molar-refractivity contribution in [2.75, 3.05) is 0 Å². The molecule has 1 atom stereocenters. The third-order valence-corrected chi connectivity index (χ3v) is 9.00. The van der Waals surface area contributed by atoms with Crippen LogP contribution in [0.15, 0.2) is 147 Å². The Bertz CT molecular complexity index is 1850. The summed E-state index contributed by atoms with van der Waals surface area (Å²) in [5.41, 5.74) is 2.51. The third-order valence-electron chi connectivity index (χ3n) is 7.18. The maximum Gasteiger partial charge on any atom is 0.283 e. The second-order valence-electron chi connectivity index (χ2n) is 9.99. The fourth-order valence-corrected chi connectivity index (χ4v) is 6.32. The zero-order valence-electron chi connectivity index (χ0n) is 23.2. The molecule has 0 spiro atoms. The lowest BCUT2D eigenvalue weighted by Gasteiger charge is -2.37. The Hall–Kier alpha value is -4.60. The number of hydrogen-bond acceptors (Lipinski definition) is 4. The molecule has 0 radical (unpaired) electrons. The Morgan fingerprint density at radius 2 is 1.28 bits per heavy atom. The van der Waals surface area contributed by atoms with E-state index in [9.17, 15) is 18.5 Å². The first-order valence-corrected chi connectivity index (χ1v) is 15.7. The number of rotatable bonds is 9. The molecule has 0 aromatic heterocycles. The summed E-state index contributed by atoms with van der Waals surface area (Å²) in [6, 6.07) is 39.3. The minimum absolute atomic E-state index is 0.0542. The normalized spacial score (nSPS) is 13.2. The third kappa shape index (κ3) is 6.43. The standard InChI is InChI=1S/C34H28BrN3O4S/c1-25-12-22-32(23-13-25)43(41,42)37-33(36-24-26-8-4-2-5-9-26)34(27-10-6-3-7-11-27,28-14-18-30(35)19-15-28)29-16-20-31(21-17-29)38(39)40/h2-23H,24H2,1H3,(H,36,37). The molecule has 9 heteroatoms. The Morgan fingerprint density at radius 3 is 1.84 bits per heavy atom. The summed E-state index contributed by atoms with van der Waals surface area (Å²) in [4.78, 5) is 11.2. The van der Waals surface area contributed by atoms with Gasteiger partial charge >= 0.3 is 0 Å². The SMILES string of the molecule is Cc1ccc(S(=O)(=O)N=C(NCc2ccccc2)C(c2ccccc2)(c2ccc(Br)cc2)c2ccc([N+](=O)[O-])cc2)cc1. The van der Waals surface area contributed by atoms with E-state index in [1.54, 1.807) is 36.4 Å². The van der Waals surface area contributed by atoms with Gasteiger partial charge in [-0.1, -0.05) is 119 Å². The predicted molar refractivity (Wildman–Crippen MR) is 173 cm³/mol. The smallest absolute Gasteiger partial charge is 0.283 e. The monoisotopic (exact) mass is 653 g/mol. The van der Waals surface area contributed by atoms with Gasteiger partial charge in [-0.05, 0) is 53.4 Å². The van der Waals surface area contributed by atoms with E-state index >= 15 is 0 Å². The van der Waals surface area contributed by atoms with Crippen LogP contribution in [0.4, 0.5) is 5.69 Å². The molecule has 0 aliphatic rings. The summed E-state index contributed by atoms with van der Waals surface area (Å²) >= 11 is 3.52. The van der Waals surface area contributed by atoms with Crippen molar-refractivity contribution < 1.29 is 13.3 Å².